The Balaban J connectivity index is 1.76. The Bertz CT molecular complexity index is 328. The van der Waals surface area contributed by atoms with Crippen molar-refractivity contribution in [2.75, 3.05) is 33.4 Å². The van der Waals surface area contributed by atoms with Gasteiger partial charge in [0.15, 0.2) is 0 Å². The Labute approximate surface area is 135 Å². The number of carbonyl (C=O) groups excluding carboxylic acids is 1. The number of ether oxygens (including phenoxy) is 1. The number of piperidine rings is 1. The van der Waals surface area contributed by atoms with Gasteiger partial charge in [-0.3, -0.25) is 4.79 Å². The topological polar surface area (TPSA) is 50.4 Å². The molecule has 128 valence electrons. The van der Waals surface area contributed by atoms with E-state index in [1.807, 2.05) is 0 Å². The highest BCUT2D eigenvalue weighted by molar-refractivity contribution is 5.78. The molecule has 2 N–H and O–H groups in total. The zero-order valence-electron chi connectivity index (χ0n) is 14.5. The highest BCUT2D eigenvalue weighted by Gasteiger charge is 2.33. The lowest BCUT2D eigenvalue weighted by Gasteiger charge is -2.37. The molecule has 0 bridgehead atoms. The van der Waals surface area contributed by atoms with E-state index in [1.165, 1.54) is 32.1 Å². The van der Waals surface area contributed by atoms with E-state index in [0.29, 0.717) is 0 Å². The Hall–Kier alpha value is -0.610. The molecule has 1 saturated carbocycles. The molecule has 1 aliphatic carbocycles. The molecule has 1 aliphatic heterocycles. The van der Waals surface area contributed by atoms with E-state index in [2.05, 4.69) is 17.6 Å². The summed E-state index contributed by atoms with van der Waals surface area (Å²) in [6.07, 6.45) is 9.94. The van der Waals surface area contributed by atoms with E-state index in [0.717, 1.165) is 51.4 Å². The number of nitrogens with one attached hydrogen (secondary N) is 2. The summed E-state index contributed by atoms with van der Waals surface area (Å²) in [5.74, 6) is 1.14. The molecule has 1 saturated heterocycles. The van der Waals surface area contributed by atoms with Crippen LogP contribution in [0.2, 0.25) is 0 Å². The molecular weight excluding hydrogens is 276 g/mol. The van der Waals surface area contributed by atoms with Gasteiger partial charge in [0.1, 0.15) is 0 Å². The smallest absolute Gasteiger partial charge is 0.222 e. The molecule has 0 aromatic carbocycles. The van der Waals surface area contributed by atoms with Gasteiger partial charge in [-0.25, -0.2) is 0 Å². The number of methoxy groups -OCH3 is 1. The molecule has 1 atom stereocenters. The second-order valence-electron chi connectivity index (χ2n) is 7.54. The molecule has 1 heterocycles. The van der Waals surface area contributed by atoms with Crippen molar-refractivity contribution in [2.45, 2.75) is 58.3 Å². The normalized spacial score (nSPS) is 23.9. The highest BCUT2D eigenvalue weighted by Crippen LogP contribution is 2.30. The summed E-state index contributed by atoms with van der Waals surface area (Å²) in [7, 11) is 1.76. The van der Waals surface area contributed by atoms with E-state index < -0.39 is 0 Å². The molecule has 2 rings (SSSR count). The number of hydrogen-bond acceptors (Lipinski definition) is 3. The number of rotatable bonds is 7. The Morgan fingerprint density at radius 3 is 2.59 bits per heavy atom. The zero-order chi connectivity index (χ0) is 15.8. The lowest BCUT2D eigenvalue weighted by molar-refractivity contribution is -0.126. The van der Waals surface area contributed by atoms with Crippen molar-refractivity contribution in [2.24, 2.45) is 17.3 Å². The van der Waals surface area contributed by atoms with Gasteiger partial charge in [-0.1, -0.05) is 39.0 Å². The van der Waals surface area contributed by atoms with E-state index in [1.54, 1.807) is 7.11 Å². The van der Waals surface area contributed by atoms with Crippen LogP contribution in [0.4, 0.5) is 0 Å². The van der Waals surface area contributed by atoms with Crippen molar-refractivity contribution in [3.05, 3.63) is 0 Å². The summed E-state index contributed by atoms with van der Waals surface area (Å²) in [5, 5.41) is 6.61. The van der Waals surface area contributed by atoms with Crippen molar-refractivity contribution in [1.82, 2.24) is 10.6 Å². The van der Waals surface area contributed by atoms with Crippen LogP contribution in [0, 0.1) is 17.3 Å². The van der Waals surface area contributed by atoms with Gasteiger partial charge >= 0.3 is 0 Å². The third-order valence-corrected chi connectivity index (χ3v) is 5.61. The molecule has 0 radical (unpaired) electrons. The van der Waals surface area contributed by atoms with Gasteiger partial charge < -0.3 is 15.4 Å². The summed E-state index contributed by atoms with van der Waals surface area (Å²) in [5.41, 5.74) is 0.125. The summed E-state index contributed by atoms with van der Waals surface area (Å²) in [4.78, 5) is 12.4. The lowest BCUT2D eigenvalue weighted by atomic mass is 9.79. The molecule has 4 heteroatoms. The molecule has 1 amide bonds. The average Bonchev–Trinajstić information content (AvgIpc) is 2.55. The second-order valence-corrected chi connectivity index (χ2v) is 7.54. The van der Waals surface area contributed by atoms with Crippen LogP contribution in [0.1, 0.15) is 58.3 Å². The fourth-order valence-electron chi connectivity index (χ4n) is 4.11. The summed E-state index contributed by atoms with van der Waals surface area (Å²) in [6.45, 7) is 5.64. The van der Waals surface area contributed by atoms with E-state index in [4.69, 9.17) is 4.74 Å². The van der Waals surface area contributed by atoms with E-state index in [9.17, 15) is 4.79 Å². The van der Waals surface area contributed by atoms with Crippen molar-refractivity contribution in [1.29, 1.82) is 0 Å². The maximum Gasteiger partial charge on any atom is 0.222 e. The largest absolute Gasteiger partial charge is 0.384 e. The molecule has 4 nitrogen and oxygen atoms in total. The predicted octanol–water partition coefficient (Wildman–Crippen LogP) is 2.73. The van der Waals surface area contributed by atoms with Crippen molar-refractivity contribution in [3.8, 4) is 0 Å². The molecule has 2 aliphatic rings. The zero-order valence-corrected chi connectivity index (χ0v) is 14.5. The van der Waals surface area contributed by atoms with Gasteiger partial charge in [-0.15, -0.1) is 0 Å². The van der Waals surface area contributed by atoms with Crippen molar-refractivity contribution >= 4 is 5.91 Å². The fourth-order valence-corrected chi connectivity index (χ4v) is 4.11. The Morgan fingerprint density at radius 2 is 1.95 bits per heavy atom. The summed E-state index contributed by atoms with van der Waals surface area (Å²) in [6, 6.07) is 0. The predicted molar refractivity (Wildman–Crippen MR) is 89.8 cm³/mol. The van der Waals surface area contributed by atoms with E-state index >= 15 is 0 Å². The molecule has 1 unspecified atom stereocenters. The van der Waals surface area contributed by atoms with Crippen LogP contribution in [0.3, 0.4) is 0 Å². The van der Waals surface area contributed by atoms with Gasteiger partial charge in [-0.2, -0.15) is 0 Å². The van der Waals surface area contributed by atoms with Crippen molar-refractivity contribution in [3.63, 3.8) is 0 Å². The summed E-state index contributed by atoms with van der Waals surface area (Å²) >= 11 is 0. The lowest BCUT2D eigenvalue weighted by Crippen LogP contribution is -2.48. The van der Waals surface area contributed by atoms with Gasteiger partial charge in [0.2, 0.25) is 5.91 Å². The number of carbonyl (C=O) groups is 1. The third kappa shape index (κ3) is 5.24. The third-order valence-electron chi connectivity index (χ3n) is 5.61. The first-order chi connectivity index (χ1) is 10.7. The number of amides is 1. The van der Waals surface area contributed by atoms with Crippen LogP contribution >= 0.6 is 0 Å². The van der Waals surface area contributed by atoms with Crippen LogP contribution in [0.15, 0.2) is 0 Å². The van der Waals surface area contributed by atoms with Gasteiger partial charge in [0.05, 0.1) is 6.61 Å². The van der Waals surface area contributed by atoms with Gasteiger partial charge in [-0.05, 0) is 38.3 Å². The monoisotopic (exact) mass is 310 g/mol. The SMILES string of the molecule is COCC1(CNC(=O)C(C)CC2CCCCC2)CCNCC1. The first-order valence-corrected chi connectivity index (χ1v) is 9.12. The molecule has 22 heavy (non-hydrogen) atoms. The van der Waals surface area contributed by atoms with Crippen LogP contribution in [-0.4, -0.2) is 39.3 Å². The average molecular weight is 310 g/mol. The summed E-state index contributed by atoms with van der Waals surface area (Å²) < 4.78 is 5.42. The molecule has 2 fully saturated rings. The van der Waals surface area contributed by atoms with Gasteiger partial charge in [0, 0.05) is 25.0 Å². The minimum absolute atomic E-state index is 0.125. The Morgan fingerprint density at radius 1 is 1.27 bits per heavy atom. The first-order valence-electron chi connectivity index (χ1n) is 9.12. The molecule has 0 spiro atoms. The fraction of sp³-hybridized carbons (Fsp3) is 0.944. The molecular formula is C18H34N2O2. The molecule has 0 aromatic rings. The van der Waals surface area contributed by atoms with Crippen LogP contribution in [-0.2, 0) is 9.53 Å². The van der Waals surface area contributed by atoms with Gasteiger partial charge in [0.25, 0.3) is 0 Å². The van der Waals surface area contributed by atoms with E-state index in [-0.39, 0.29) is 17.2 Å². The number of hydrogen-bond donors (Lipinski definition) is 2. The van der Waals surface area contributed by atoms with Crippen LogP contribution in [0.5, 0.6) is 0 Å². The van der Waals surface area contributed by atoms with Crippen LogP contribution in [0.25, 0.3) is 0 Å². The maximum atomic E-state index is 12.4. The van der Waals surface area contributed by atoms with Crippen molar-refractivity contribution < 1.29 is 9.53 Å². The quantitative estimate of drug-likeness (QED) is 0.760. The highest BCUT2D eigenvalue weighted by atomic mass is 16.5. The minimum atomic E-state index is 0.125. The minimum Gasteiger partial charge on any atom is -0.384 e. The maximum absolute atomic E-state index is 12.4. The standard InChI is InChI=1S/C18H34N2O2/c1-15(12-16-6-4-3-5-7-16)17(21)20-13-18(14-22-2)8-10-19-11-9-18/h15-16,19H,3-14H2,1-2H3,(H,20,21). The first kappa shape index (κ1) is 17.7. The molecule has 0 aromatic heterocycles. The second kappa shape index (κ2) is 8.88. The van der Waals surface area contributed by atoms with Crippen LogP contribution < -0.4 is 10.6 Å². The Kier molecular flexibility index (Phi) is 7.16.